The third kappa shape index (κ3) is 3.86. The number of fused-ring (bicyclic) bond motifs is 1. The van der Waals surface area contributed by atoms with E-state index in [0.717, 1.165) is 43.8 Å². The van der Waals surface area contributed by atoms with Gasteiger partial charge in [0.2, 0.25) is 5.91 Å². The summed E-state index contributed by atoms with van der Waals surface area (Å²) in [5.74, 6) is 0.533. The van der Waals surface area contributed by atoms with Gasteiger partial charge in [0, 0.05) is 24.0 Å². The van der Waals surface area contributed by atoms with Gasteiger partial charge in [0.05, 0.1) is 25.2 Å². The molecule has 1 saturated heterocycles. The average molecular weight is 406 g/mol. The van der Waals surface area contributed by atoms with Crippen molar-refractivity contribution in [1.29, 1.82) is 0 Å². The zero-order chi connectivity index (χ0) is 19.7. The van der Waals surface area contributed by atoms with Crippen LogP contribution in [0, 0.1) is 5.92 Å². The van der Waals surface area contributed by atoms with Crippen molar-refractivity contribution in [1.82, 2.24) is 4.90 Å². The zero-order valence-corrected chi connectivity index (χ0v) is 16.8. The molecule has 1 aromatic carbocycles. The summed E-state index contributed by atoms with van der Waals surface area (Å²) in [5.41, 5.74) is 0.861. The van der Waals surface area contributed by atoms with E-state index in [2.05, 4.69) is 10.3 Å². The molecular formula is C20H27N3O4S. The number of aliphatic hydroxyl groups excluding tert-OH is 2. The minimum absolute atomic E-state index is 0.0917. The van der Waals surface area contributed by atoms with Gasteiger partial charge in [-0.25, -0.2) is 0 Å². The van der Waals surface area contributed by atoms with Gasteiger partial charge in [-0.05, 0) is 49.9 Å². The molecule has 28 heavy (non-hydrogen) atoms. The van der Waals surface area contributed by atoms with Gasteiger partial charge in [0.25, 0.3) is 0 Å². The summed E-state index contributed by atoms with van der Waals surface area (Å²) in [7, 11) is 1.62. The molecule has 3 N–H and O–H groups in total. The number of anilines is 1. The van der Waals surface area contributed by atoms with E-state index in [1.54, 1.807) is 7.11 Å². The summed E-state index contributed by atoms with van der Waals surface area (Å²) in [4.78, 5) is 19.7. The topological polar surface area (TPSA) is 94.4 Å². The molecular weight excluding hydrogens is 378 g/mol. The fraction of sp³-hybridized carbons (Fsp3) is 0.600. The number of carbonyl (C=O) groups is 1. The Morgan fingerprint density at radius 2 is 1.93 bits per heavy atom. The lowest BCUT2D eigenvalue weighted by molar-refractivity contribution is -0.141. The van der Waals surface area contributed by atoms with E-state index in [-0.39, 0.29) is 23.5 Å². The molecule has 3 aliphatic rings. The number of aliphatic hydroxyl groups is 2. The Balaban J connectivity index is 1.49. The molecule has 7 nitrogen and oxygen atoms in total. The molecule has 4 rings (SSSR count). The fourth-order valence-electron chi connectivity index (χ4n) is 4.24. The number of piperidine rings is 1. The number of nitrogens with zero attached hydrogens (tertiary/aromatic N) is 2. The summed E-state index contributed by atoms with van der Waals surface area (Å²) in [5, 5.41) is 24.6. The molecule has 2 fully saturated rings. The van der Waals surface area contributed by atoms with Crippen LogP contribution in [-0.2, 0) is 4.79 Å². The van der Waals surface area contributed by atoms with Crippen LogP contribution in [0.25, 0.3) is 0 Å². The van der Waals surface area contributed by atoms with Crippen LogP contribution in [0.2, 0.25) is 0 Å². The second kappa shape index (κ2) is 8.31. The second-order valence-electron chi connectivity index (χ2n) is 7.65. The molecule has 0 radical (unpaired) electrons. The highest BCUT2D eigenvalue weighted by Gasteiger charge is 2.51. The Morgan fingerprint density at radius 1 is 1.21 bits per heavy atom. The number of methoxy groups -OCH3 is 1. The minimum atomic E-state index is -0.946. The van der Waals surface area contributed by atoms with E-state index >= 15 is 0 Å². The van der Waals surface area contributed by atoms with Crippen molar-refractivity contribution in [2.75, 3.05) is 25.5 Å². The van der Waals surface area contributed by atoms with Crippen molar-refractivity contribution < 1.29 is 19.7 Å². The summed E-state index contributed by atoms with van der Waals surface area (Å²) in [6.07, 6.45) is 1.64. The Hall–Kier alpha value is -1.77. The molecule has 0 bridgehead atoms. The van der Waals surface area contributed by atoms with Crippen molar-refractivity contribution in [2.45, 2.75) is 49.2 Å². The number of nitrogens with one attached hydrogen (secondary N) is 1. The number of likely N-dealkylation sites (tertiary alicyclic amines) is 1. The first-order chi connectivity index (χ1) is 13.6. The predicted molar refractivity (Wildman–Crippen MR) is 110 cm³/mol. The molecule has 8 heteroatoms. The lowest BCUT2D eigenvalue weighted by atomic mass is 9.80. The standard InChI is InChI=1S/C20H27N3O4S/c1-27-13-7-5-12(6-8-13)21-20-22-16-17(25)15(24)11-14(18(16)28-20)19(26)23-9-3-2-4-10-23/h5-8,14-18,24-25H,2-4,9-11H2,1H3,(H,21,22). The molecule has 5 atom stereocenters. The maximum absolute atomic E-state index is 13.1. The molecule has 2 heterocycles. The van der Waals surface area contributed by atoms with E-state index in [4.69, 9.17) is 4.74 Å². The largest absolute Gasteiger partial charge is 0.497 e. The summed E-state index contributed by atoms with van der Waals surface area (Å²) >= 11 is 1.49. The molecule has 0 spiro atoms. The van der Waals surface area contributed by atoms with Crippen LogP contribution < -0.4 is 10.1 Å². The first-order valence-corrected chi connectivity index (χ1v) is 10.8. The summed E-state index contributed by atoms with van der Waals surface area (Å²) < 4.78 is 5.17. The van der Waals surface area contributed by atoms with E-state index in [1.807, 2.05) is 29.2 Å². The average Bonchev–Trinajstić information content (AvgIpc) is 3.15. The zero-order valence-electron chi connectivity index (χ0n) is 16.0. The van der Waals surface area contributed by atoms with Crippen LogP contribution in [0.5, 0.6) is 5.75 Å². The Kier molecular flexibility index (Phi) is 5.80. The number of aliphatic imine (C=N–C) groups is 1. The fourth-order valence-corrected chi connectivity index (χ4v) is 5.61. The van der Waals surface area contributed by atoms with Crippen LogP contribution >= 0.6 is 11.8 Å². The number of ether oxygens (including phenoxy) is 1. The van der Waals surface area contributed by atoms with Crippen molar-refractivity contribution >= 4 is 28.5 Å². The monoisotopic (exact) mass is 405 g/mol. The number of amidine groups is 1. The molecule has 1 saturated carbocycles. The minimum Gasteiger partial charge on any atom is -0.497 e. The van der Waals surface area contributed by atoms with Crippen LogP contribution in [0.3, 0.4) is 0 Å². The summed E-state index contributed by atoms with van der Waals surface area (Å²) in [6, 6.07) is 7.03. The van der Waals surface area contributed by atoms with Crippen molar-refractivity contribution in [3.63, 3.8) is 0 Å². The van der Waals surface area contributed by atoms with Crippen LogP contribution in [-0.4, -0.2) is 69.9 Å². The number of carbonyl (C=O) groups excluding carboxylic acids is 1. The Morgan fingerprint density at radius 3 is 2.61 bits per heavy atom. The van der Waals surface area contributed by atoms with Crippen molar-refractivity contribution in [2.24, 2.45) is 10.9 Å². The smallest absolute Gasteiger partial charge is 0.226 e. The molecule has 1 aliphatic carbocycles. The highest BCUT2D eigenvalue weighted by Crippen LogP contribution is 2.42. The predicted octanol–water partition coefficient (Wildman–Crippen LogP) is 1.70. The lowest BCUT2D eigenvalue weighted by Crippen LogP contribution is -2.55. The SMILES string of the molecule is COc1ccc(NC2=NC3C(O)C(O)CC(C(=O)N4CCCCC4)C3S2)cc1. The molecule has 0 aromatic heterocycles. The van der Waals surface area contributed by atoms with E-state index in [0.29, 0.717) is 5.17 Å². The summed E-state index contributed by atoms with van der Waals surface area (Å²) in [6.45, 7) is 1.57. The molecule has 5 unspecified atom stereocenters. The molecule has 1 aromatic rings. The normalized spacial score (nSPS) is 32.5. The van der Waals surface area contributed by atoms with Gasteiger partial charge in [0.15, 0.2) is 5.17 Å². The number of thioether (sulfide) groups is 1. The van der Waals surface area contributed by atoms with Crippen LogP contribution in [0.15, 0.2) is 29.3 Å². The van der Waals surface area contributed by atoms with E-state index < -0.39 is 18.2 Å². The Labute approximate surface area is 169 Å². The molecule has 1 amide bonds. The number of rotatable bonds is 3. The van der Waals surface area contributed by atoms with Gasteiger partial charge in [-0.15, -0.1) is 0 Å². The van der Waals surface area contributed by atoms with Crippen LogP contribution in [0.1, 0.15) is 25.7 Å². The maximum atomic E-state index is 13.1. The number of hydrogen-bond acceptors (Lipinski definition) is 7. The second-order valence-corrected chi connectivity index (χ2v) is 8.81. The number of benzene rings is 1. The quantitative estimate of drug-likeness (QED) is 0.709. The van der Waals surface area contributed by atoms with Gasteiger partial charge < -0.3 is 25.2 Å². The van der Waals surface area contributed by atoms with Gasteiger partial charge >= 0.3 is 0 Å². The van der Waals surface area contributed by atoms with Gasteiger partial charge in [-0.1, -0.05) is 11.8 Å². The van der Waals surface area contributed by atoms with Crippen molar-refractivity contribution in [3.05, 3.63) is 24.3 Å². The third-order valence-corrected chi connectivity index (χ3v) is 7.12. The van der Waals surface area contributed by atoms with Gasteiger partial charge in [-0.2, -0.15) is 0 Å². The van der Waals surface area contributed by atoms with E-state index in [1.165, 1.54) is 11.8 Å². The maximum Gasteiger partial charge on any atom is 0.226 e. The highest BCUT2D eigenvalue weighted by atomic mass is 32.2. The first kappa shape index (κ1) is 19.5. The highest BCUT2D eigenvalue weighted by molar-refractivity contribution is 8.15. The Bertz CT molecular complexity index is 735. The lowest BCUT2D eigenvalue weighted by Gasteiger charge is -2.40. The molecule has 2 aliphatic heterocycles. The number of hydrogen-bond donors (Lipinski definition) is 3. The number of amides is 1. The van der Waals surface area contributed by atoms with Crippen LogP contribution in [0.4, 0.5) is 5.69 Å². The van der Waals surface area contributed by atoms with Crippen molar-refractivity contribution in [3.8, 4) is 5.75 Å². The third-order valence-electron chi connectivity index (χ3n) is 5.81. The van der Waals surface area contributed by atoms with Gasteiger partial charge in [0.1, 0.15) is 11.9 Å². The van der Waals surface area contributed by atoms with E-state index in [9.17, 15) is 15.0 Å². The van der Waals surface area contributed by atoms with Gasteiger partial charge in [-0.3, -0.25) is 9.79 Å². The first-order valence-electron chi connectivity index (χ1n) is 9.87. The molecule has 152 valence electrons.